The Morgan fingerprint density at radius 3 is 2.33 bits per heavy atom. The summed E-state index contributed by atoms with van der Waals surface area (Å²) >= 11 is 0. The Labute approximate surface area is 90.6 Å². The molecule has 1 saturated heterocycles. The van der Waals surface area contributed by atoms with E-state index in [1.807, 2.05) is 0 Å². The molecule has 0 spiro atoms. The molecule has 0 aromatic carbocycles. The molecule has 0 N–H and O–H groups in total. The van der Waals surface area contributed by atoms with Gasteiger partial charge in [0.15, 0.2) is 18.4 Å². The van der Waals surface area contributed by atoms with Crippen LogP contribution in [-0.2, 0) is 23.7 Å². The second-order valence-corrected chi connectivity index (χ2v) is 3.54. The fourth-order valence-electron chi connectivity index (χ4n) is 1.76. The zero-order valence-electron chi connectivity index (χ0n) is 9.82. The smallest absolute Gasteiger partial charge is 0.176 e. The van der Waals surface area contributed by atoms with Crippen LogP contribution in [0.15, 0.2) is 0 Å². The molecule has 2 unspecified atom stereocenters. The van der Waals surface area contributed by atoms with Crippen molar-refractivity contribution in [1.29, 1.82) is 0 Å². The molecule has 0 aromatic rings. The van der Waals surface area contributed by atoms with E-state index in [0.717, 1.165) is 12.8 Å². The van der Waals surface area contributed by atoms with Crippen molar-refractivity contribution >= 4 is 0 Å². The Balaban J connectivity index is 2.54. The summed E-state index contributed by atoms with van der Waals surface area (Å²) in [6.07, 6.45) is 1.63. The lowest BCUT2D eigenvalue weighted by Gasteiger charge is -2.30. The molecule has 0 aliphatic carbocycles. The maximum Gasteiger partial charge on any atom is 0.176 e. The van der Waals surface area contributed by atoms with E-state index in [0.29, 0.717) is 6.42 Å². The van der Waals surface area contributed by atoms with Gasteiger partial charge in [-0.2, -0.15) is 0 Å². The lowest BCUT2D eigenvalue weighted by Crippen LogP contribution is -2.37. The van der Waals surface area contributed by atoms with Gasteiger partial charge in [-0.05, 0) is 0 Å². The maximum atomic E-state index is 5.68. The fraction of sp³-hybridized carbons (Fsp3) is 1.00. The first-order chi connectivity index (χ1) is 7.19. The minimum absolute atomic E-state index is 0.195. The minimum Gasteiger partial charge on any atom is -0.356 e. The van der Waals surface area contributed by atoms with Gasteiger partial charge < -0.3 is 23.7 Å². The monoisotopic (exact) mass is 220 g/mol. The van der Waals surface area contributed by atoms with Gasteiger partial charge in [-0.1, -0.05) is 0 Å². The van der Waals surface area contributed by atoms with E-state index in [2.05, 4.69) is 0 Å². The summed E-state index contributed by atoms with van der Waals surface area (Å²) < 4.78 is 26.5. The second-order valence-electron chi connectivity index (χ2n) is 3.54. The molecule has 0 amide bonds. The third-order valence-electron chi connectivity index (χ3n) is 2.75. The fourth-order valence-corrected chi connectivity index (χ4v) is 1.76. The minimum atomic E-state index is -0.642. The molecule has 1 rings (SSSR count). The molecular formula is C10H20O5. The van der Waals surface area contributed by atoms with Crippen molar-refractivity contribution in [2.75, 3.05) is 28.4 Å². The predicted octanol–water partition coefficient (Wildman–Crippen LogP) is 1.12. The molecule has 0 radical (unpaired) electrons. The van der Waals surface area contributed by atoms with Gasteiger partial charge in [0.25, 0.3) is 0 Å². The van der Waals surface area contributed by atoms with Crippen molar-refractivity contribution < 1.29 is 23.7 Å². The number of hydrogen-bond donors (Lipinski definition) is 0. The van der Waals surface area contributed by atoms with E-state index in [-0.39, 0.29) is 12.6 Å². The SMILES string of the molecule is COC(CC1(OC)CCC(OC)O1)OC. The van der Waals surface area contributed by atoms with Crippen LogP contribution < -0.4 is 0 Å². The van der Waals surface area contributed by atoms with Crippen LogP contribution in [-0.4, -0.2) is 46.8 Å². The molecule has 1 aliphatic heterocycles. The van der Waals surface area contributed by atoms with Crippen LogP contribution in [0.1, 0.15) is 19.3 Å². The van der Waals surface area contributed by atoms with Crippen molar-refractivity contribution in [1.82, 2.24) is 0 Å². The molecule has 0 bridgehead atoms. The van der Waals surface area contributed by atoms with E-state index in [1.54, 1.807) is 28.4 Å². The topological polar surface area (TPSA) is 46.2 Å². The Morgan fingerprint density at radius 1 is 1.27 bits per heavy atom. The van der Waals surface area contributed by atoms with Gasteiger partial charge in [-0.25, -0.2) is 0 Å². The van der Waals surface area contributed by atoms with Crippen molar-refractivity contribution in [2.45, 2.75) is 37.6 Å². The summed E-state index contributed by atoms with van der Waals surface area (Å²) in [6.45, 7) is 0. The molecule has 1 fully saturated rings. The van der Waals surface area contributed by atoms with Crippen LogP contribution in [0.3, 0.4) is 0 Å². The van der Waals surface area contributed by atoms with Crippen LogP contribution in [0.4, 0.5) is 0 Å². The quantitative estimate of drug-likeness (QED) is 0.628. The highest BCUT2D eigenvalue weighted by Gasteiger charge is 2.42. The zero-order valence-corrected chi connectivity index (χ0v) is 9.82. The standard InChI is InChI=1S/C10H20O5/c1-11-8-5-6-10(14-4,15-8)7-9(12-2)13-3/h8-9H,5-7H2,1-4H3. The Bertz CT molecular complexity index is 183. The average molecular weight is 220 g/mol. The first-order valence-electron chi connectivity index (χ1n) is 5.01. The molecule has 1 aliphatic rings. The van der Waals surface area contributed by atoms with Crippen molar-refractivity contribution in [3.8, 4) is 0 Å². The van der Waals surface area contributed by atoms with Gasteiger partial charge in [0.2, 0.25) is 0 Å². The summed E-state index contributed by atoms with van der Waals surface area (Å²) in [5.41, 5.74) is 0. The van der Waals surface area contributed by atoms with Crippen LogP contribution in [0, 0.1) is 0 Å². The average Bonchev–Trinajstić information content (AvgIpc) is 2.70. The van der Waals surface area contributed by atoms with E-state index in [4.69, 9.17) is 23.7 Å². The molecule has 90 valence electrons. The van der Waals surface area contributed by atoms with Gasteiger partial charge >= 0.3 is 0 Å². The van der Waals surface area contributed by atoms with Gasteiger partial charge in [-0.3, -0.25) is 0 Å². The van der Waals surface area contributed by atoms with E-state index < -0.39 is 5.79 Å². The van der Waals surface area contributed by atoms with Gasteiger partial charge in [-0.15, -0.1) is 0 Å². The number of rotatable bonds is 6. The van der Waals surface area contributed by atoms with Gasteiger partial charge in [0.05, 0.1) is 6.42 Å². The summed E-state index contributed by atoms with van der Waals surface area (Å²) in [5.74, 6) is -0.642. The highest BCUT2D eigenvalue weighted by Crippen LogP contribution is 2.35. The van der Waals surface area contributed by atoms with Crippen LogP contribution in [0.25, 0.3) is 0 Å². The van der Waals surface area contributed by atoms with E-state index in [9.17, 15) is 0 Å². The Morgan fingerprint density at radius 2 is 1.93 bits per heavy atom. The maximum absolute atomic E-state index is 5.68. The molecule has 0 aromatic heterocycles. The zero-order chi connectivity index (χ0) is 11.3. The molecular weight excluding hydrogens is 200 g/mol. The molecule has 2 atom stereocenters. The van der Waals surface area contributed by atoms with E-state index in [1.165, 1.54) is 0 Å². The molecule has 5 nitrogen and oxygen atoms in total. The van der Waals surface area contributed by atoms with Crippen molar-refractivity contribution in [3.05, 3.63) is 0 Å². The Kier molecular flexibility index (Phi) is 4.95. The van der Waals surface area contributed by atoms with Crippen molar-refractivity contribution in [3.63, 3.8) is 0 Å². The third-order valence-corrected chi connectivity index (χ3v) is 2.75. The molecule has 1 heterocycles. The van der Waals surface area contributed by atoms with Crippen LogP contribution >= 0.6 is 0 Å². The van der Waals surface area contributed by atoms with Crippen LogP contribution in [0.2, 0.25) is 0 Å². The van der Waals surface area contributed by atoms with Gasteiger partial charge in [0.1, 0.15) is 0 Å². The normalized spacial score (nSPS) is 31.4. The summed E-state index contributed by atoms with van der Waals surface area (Å²) in [4.78, 5) is 0. The Hall–Kier alpha value is -0.200. The van der Waals surface area contributed by atoms with Gasteiger partial charge in [0, 0.05) is 41.3 Å². The summed E-state index contributed by atoms with van der Waals surface area (Å²) in [7, 11) is 6.45. The summed E-state index contributed by atoms with van der Waals surface area (Å²) in [6, 6.07) is 0. The number of ether oxygens (including phenoxy) is 5. The highest BCUT2D eigenvalue weighted by atomic mass is 16.8. The third kappa shape index (κ3) is 3.12. The van der Waals surface area contributed by atoms with E-state index >= 15 is 0 Å². The lowest BCUT2D eigenvalue weighted by molar-refractivity contribution is -0.282. The molecule has 15 heavy (non-hydrogen) atoms. The van der Waals surface area contributed by atoms with Crippen LogP contribution in [0.5, 0.6) is 0 Å². The molecule has 5 heteroatoms. The predicted molar refractivity (Wildman–Crippen MR) is 53.3 cm³/mol. The number of hydrogen-bond acceptors (Lipinski definition) is 5. The first-order valence-corrected chi connectivity index (χ1v) is 5.01. The highest BCUT2D eigenvalue weighted by molar-refractivity contribution is 4.78. The largest absolute Gasteiger partial charge is 0.356 e. The summed E-state index contributed by atoms with van der Waals surface area (Å²) in [5, 5.41) is 0. The second kappa shape index (κ2) is 5.77. The number of methoxy groups -OCH3 is 4. The van der Waals surface area contributed by atoms with Crippen molar-refractivity contribution in [2.24, 2.45) is 0 Å². The first kappa shape index (κ1) is 12.9. The lowest BCUT2D eigenvalue weighted by atomic mass is 10.1. The molecule has 0 saturated carbocycles.